The van der Waals surface area contributed by atoms with Gasteiger partial charge in [0.2, 0.25) is 0 Å². The molecular weight excluding hydrogens is 218 g/mol. The molecule has 16 heavy (non-hydrogen) atoms. The number of hydrogen-bond acceptors (Lipinski definition) is 4. The van der Waals surface area contributed by atoms with Gasteiger partial charge in [-0.3, -0.25) is 4.90 Å². The number of rotatable bonds is 6. The molecule has 0 aliphatic heterocycles. The van der Waals surface area contributed by atoms with Gasteiger partial charge in [-0.05, 0) is 37.9 Å². The van der Waals surface area contributed by atoms with Crippen LogP contribution in [0.4, 0.5) is 5.82 Å². The number of thioether (sulfide) groups is 1. The van der Waals surface area contributed by atoms with E-state index in [2.05, 4.69) is 47.6 Å². The van der Waals surface area contributed by atoms with Crippen molar-refractivity contribution in [1.82, 2.24) is 9.88 Å². The summed E-state index contributed by atoms with van der Waals surface area (Å²) in [6.45, 7) is 3.23. The van der Waals surface area contributed by atoms with Crippen molar-refractivity contribution >= 4 is 17.6 Å². The topological polar surface area (TPSA) is 28.2 Å². The maximum absolute atomic E-state index is 4.21. The van der Waals surface area contributed by atoms with Crippen LogP contribution in [0.1, 0.15) is 12.5 Å². The third-order valence-electron chi connectivity index (χ3n) is 2.67. The molecular formula is C12H21N3S. The Labute approximate surface area is 103 Å². The van der Waals surface area contributed by atoms with Crippen molar-refractivity contribution in [1.29, 1.82) is 0 Å². The molecule has 0 spiro atoms. The van der Waals surface area contributed by atoms with Crippen LogP contribution in [0, 0.1) is 0 Å². The van der Waals surface area contributed by atoms with E-state index < -0.39 is 0 Å². The van der Waals surface area contributed by atoms with Gasteiger partial charge < -0.3 is 5.32 Å². The number of nitrogens with zero attached hydrogens (tertiary/aromatic N) is 2. The third kappa shape index (κ3) is 4.02. The lowest BCUT2D eigenvalue weighted by Crippen LogP contribution is -2.30. The molecule has 0 radical (unpaired) electrons. The average molecular weight is 239 g/mol. The quantitative estimate of drug-likeness (QED) is 0.824. The fourth-order valence-corrected chi connectivity index (χ4v) is 2.26. The molecule has 0 bridgehead atoms. The predicted molar refractivity (Wildman–Crippen MR) is 73.1 cm³/mol. The molecule has 0 saturated carbocycles. The van der Waals surface area contributed by atoms with Crippen molar-refractivity contribution in [2.75, 3.05) is 31.4 Å². The van der Waals surface area contributed by atoms with Crippen LogP contribution >= 0.6 is 11.8 Å². The van der Waals surface area contributed by atoms with Crippen LogP contribution in [0.3, 0.4) is 0 Å². The summed E-state index contributed by atoms with van der Waals surface area (Å²) in [5.41, 5.74) is 1.30. The molecule has 3 nitrogen and oxygen atoms in total. The van der Waals surface area contributed by atoms with Gasteiger partial charge in [0.15, 0.2) is 0 Å². The van der Waals surface area contributed by atoms with E-state index in [-0.39, 0.29) is 0 Å². The fourth-order valence-electron chi connectivity index (χ4n) is 1.52. The van der Waals surface area contributed by atoms with Crippen molar-refractivity contribution in [2.45, 2.75) is 19.5 Å². The summed E-state index contributed by atoms with van der Waals surface area (Å²) < 4.78 is 0. The maximum atomic E-state index is 4.21. The van der Waals surface area contributed by atoms with Crippen molar-refractivity contribution < 1.29 is 0 Å². The monoisotopic (exact) mass is 239 g/mol. The zero-order chi connectivity index (χ0) is 12.0. The Morgan fingerprint density at radius 2 is 2.31 bits per heavy atom. The zero-order valence-electron chi connectivity index (χ0n) is 10.5. The van der Waals surface area contributed by atoms with Crippen LogP contribution in [0.15, 0.2) is 18.3 Å². The van der Waals surface area contributed by atoms with Crippen LogP contribution in [-0.4, -0.2) is 42.0 Å². The number of pyridine rings is 1. The van der Waals surface area contributed by atoms with Gasteiger partial charge in [0.25, 0.3) is 0 Å². The minimum Gasteiger partial charge on any atom is -0.373 e. The lowest BCUT2D eigenvalue weighted by molar-refractivity contribution is 0.269. The van der Waals surface area contributed by atoms with Crippen molar-refractivity contribution in [2.24, 2.45) is 0 Å². The Kier molecular flexibility index (Phi) is 5.63. The minimum absolute atomic E-state index is 0.598. The van der Waals surface area contributed by atoms with E-state index in [4.69, 9.17) is 0 Å². The molecule has 1 aromatic heterocycles. The molecule has 0 saturated heterocycles. The van der Waals surface area contributed by atoms with E-state index in [1.54, 1.807) is 0 Å². The third-order valence-corrected chi connectivity index (χ3v) is 3.49. The van der Waals surface area contributed by atoms with Gasteiger partial charge in [0.05, 0.1) is 0 Å². The number of hydrogen-bond donors (Lipinski definition) is 1. The molecule has 1 N–H and O–H groups in total. The van der Waals surface area contributed by atoms with E-state index >= 15 is 0 Å². The summed E-state index contributed by atoms with van der Waals surface area (Å²) in [6.07, 6.45) is 4.00. The van der Waals surface area contributed by atoms with Crippen molar-refractivity contribution in [3.63, 3.8) is 0 Å². The molecule has 1 rings (SSSR count). The highest BCUT2D eigenvalue weighted by Gasteiger charge is 2.08. The molecule has 0 amide bonds. The Balaban J connectivity index is 2.58. The molecule has 1 heterocycles. The molecule has 0 aromatic carbocycles. The second kappa shape index (κ2) is 6.76. The van der Waals surface area contributed by atoms with E-state index in [1.165, 1.54) is 11.3 Å². The molecule has 90 valence electrons. The first kappa shape index (κ1) is 13.3. The highest BCUT2D eigenvalue weighted by molar-refractivity contribution is 7.98. The summed E-state index contributed by atoms with van der Waals surface area (Å²) in [5, 5.41) is 3.06. The Hall–Kier alpha value is -0.740. The summed E-state index contributed by atoms with van der Waals surface area (Å²) >= 11 is 1.89. The van der Waals surface area contributed by atoms with Crippen LogP contribution in [0.25, 0.3) is 0 Å². The first-order valence-electron chi connectivity index (χ1n) is 5.49. The molecule has 1 unspecified atom stereocenters. The lowest BCUT2D eigenvalue weighted by Gasteiger charge is -2.24. The summed E-state index contributed by atoms with van der Waals surface area (Å²) in [5.74, 6) is 2.10. The summed E-state index contributed by atoms with van der Waals surface area (Å²) in [6, 6.07) is 4.77. The summed E-state index contributed by atoms with van der Waals surface area (Å²) in [7, 11) is 4.06. The highest BCUT2D eigenvalue weighted by atomic mass is 32.2. The second-order valence-electron chi connectivity index (χ2n) is 4.02. The highest BCUT2D eigenvalue weighted by Crippen LogP contribution is 2.11. The predicted octanol–water partition coefficient (Wildman–Crippen LogP) is 2.31. The van der Waals surface area contributed by atoms with E-state index in [9.17, 15) is 0 Å². The van der Waals surface area contributed by atoms with Crippen LogP contribution in [0.2, 0.25) is 0 Å². The van der Waals surface area contributed by atoms with E-state index in [1.807, 2.05) is 25.0 Å². The molecule has 0 fully saturated rings. The largest absolute Gasteiger partial charge is 0.373 e. The van der Waals surface area contributed by atoms with Crippen LogP contribution in [-0.2, 0) is 6.54 Å². The molecule has 1 atom stereocenters. The lowest BCUT2D eigenvalue weighted by atomic mass is 10.2. The van der Waals surface area contributed by atoms with Crippen molar-refractivity contribution in [3.05, 3.63) is 23.9 Å². The summed E-state index contributed by atoms with van der Waals surface area (Å²) in [4.78, 5) is 6.58. The van der Waals surface area contributed by atoms with Gasteiger partial charge in [0.1, 0.15) is 5.82 Å². The van der Waals surface area contributed by atoms with Gasteiger partial charge >= 0.3 is 0 Å². The van der Waals surface area contributed by atoms with Crippen LogP contribution in [0.5, 0.6) is 0 Å². The molecule has 0 aliphatic carbocycles. The Morgan fingerprint density at radius 1 is 1.56 bits per heavy atom. The minimum atomic E-state index is 0.598. The molecule has 4 heteroatoms. The van der Waals surface area contributed by atoms with Gasteiger partial charge in [0, 0.05) is 31.6 Å². The van der Waals surface area contributed by atoms with E-state index in [0.29, 0.717) is 6.04 Å². The number of nitrogens with one attached hydrogen (secondary N) is 1. The fraction of sp³-hybridized carbons (Fsp3) is 0.583. The zero-order valence-corrected chi connectivity index (χ0v) is 11.3. The van der Waals surface area contributed by atoms with Gasteiger partial charge in [-0.2, -0.15) is 11.8 Å². The van der Waals surface area contributed by atoms with Crippen molar-refractivity contribution in [3.8, 4) is 0 Å². The first-order chi connectivity index (χ1) is 7.67. The van der Waals surface area contributed by atoms with E-state index in [0.717, 1.165) is 12.4 Å². The number of aromatic nitrogens is 1. The van der Waals surface area contributed by atoms with Crippen LogP contribution < -0.4 is 5.32 Å². The normalized spacial score (nSPS) is 12.8. The standard InChI is InChI=1S/C12H21N3S/c1-10(9-16-4)15(3)8-11-5-6-14-12(7-11)13-2/h5-7,10H,8-9H2,1-4H3,(H,13,14). The second-order valence-corrected chi connectivity index (χ2v) is 4.93. The van der Waals surface area contributed by atoms with Gasteiger partial charge in [-0.1, -0.05) is 0 Å². The number of anilines is 1. The average Bonchev–Trinajstić information content (AvgIpc) is 2.29. The Morgan fingerprint density at radius 3 is 2.94 bits per heavy atom. The first-order valence-corrected chi connectivity index (χ1v) is 6.88. The smallest absolute Gasteiger partial charge is 0.125 e. The SMILES string of the molecule is CNc1cc(CN(C)C(C)CSC)ccn1. The Bertz CT molecular complexity index is 317. The van der Waals surface area contributed by atoms with Gasteiger partial charge in [-0.15, -0.1) is 0 Å². The molecule has 1 aromatic rings. The van der Waals surface area contributed by atoms with Gasteiger partial charge in [-0.25, -0.2) is 4.98 Å². The maximum Gasteiger partial charge on any atom is 0.125 e. The molecule has 0 aliphatic rings.